The molecule has 2 aromatic rings. The summed E-state index contributed by atoms with van der Waals surface area (Å²) in [4.78, 5) is -0.618. The summed E-state index contributed by atoms with van der Waals surface area (Å²) in [5.74, 6) is -0.345. The number of furan rings is 1. The molecular formula is C13H13FN2O3S2. The molecule has 0 radical (unpaired) electrons. The maximum absolute atomic E-state index is 13.8. The summed E-state index contributed by atoms with van der Waals surface area (Å²) in [6.45, 7) is 1.61. The van der Waals surface area contributed by atoms with E-state index < -0.39 is 21.9 Å². The lowest BCUT2D eigenvalue weighted by Gasteiger charge is -2.14. The Balaban J connectivity index is 2.41. The quantitative estimate of drug-likeness (QED) is 0.821. The van der Waals surface area contributed by atoms with Gasteiger partial charge in [-0.15, -0.1) is 0 Å². The Kier molecular flexibility index (Phi) is 4.40. The largest absolute Gasteiger partial charge is 0.468 e. The lowest BCUT2D eigenvalue weighted by molar-refractivity contribution is 0.459. The highest BCUT2D eigenvalue weighted by molar-refractivity contribution is 7.89. The number of benzene rings is 1. The van der Waals surface area contributed by atoms with E-state index in [1.165, 1.54) is 18.4 Å². The van der Waals surface area contributed by atoms with E-state index in [1.54, 1.807) is 19.1 Å². The van der Waals surface area contributed by atoms with E-state index in [4.69, 9.17) is 22.4 Å². The van der Waals surface area contributed by atoms with Crippen molar-refractivity contribution in [3.63, 3.8) is 0 Å². The fourth-order valence-corrected chi connectivity index (χ4v) is 3.57. The van der Waals surface area contributed by atoms with Crippen LogP contribution < -0.4 is 10.5 Å². The zero-order chi connectivity index (χ0) is 15.6. The molecule has 1 aromatic carbocycles. The van der Waals surface area contributed by atoms with Crippen molar-refractivity contribution in [2.75, 3.05) is 0 Å². The fourth-order valence-electron chi connectivity index (χ4n) is 1.86. The summed E-state index contributed by atoms with van der Waals surface area (Å²) in [5.41, 5.74) is 5.12. The van der Waals surface area contributed by atoms with Crippen LogP contribution in [0.15, 0.2) is 45.9 Å². The van der Waals surface area contributed by atoms with Gasteiger partial charge in [0.05, 0.1) is 22.8 Å². The molecule has 21 heavy (non-hydrogen) atoms. The first kappa shape index (κ1) is 15.6. The third-order valence-corrected chi connectivity index (χ3v) is 4.60. The van der Waals surface area contributed by atoms with Gasteiger partial charge in [-0.25, -0.2) is 17.5 Å². The van der Waals surface area contributed by atoms with Gasteiger partial charge in [0.15, 0.2) is 0 Å². The molecule has 0 bridgehead atoms. The van der Waals surface area contributed by atoms with Gasteiger partial charge in [-0.05, 0) is 31.2 Å². The standard InChI is InChI=1S/C13H13FN2O3S2/c1-8(10-5-3-7-19-10)16-21(17,18)11-6-2-4-9(14)12(11)13(15)20/h2-8,16H,1H3,(H2,15,20). The maximum atomic E-state index is 13.8. The Labute approximate surface area is 127 Å². The minimum absolute atomic E-state index is 0.298. The van der Waals surface area contributed by atoms with Gasteiger partial charge in [-0.3, -0.25) is 0 Å². The zero-order valence-electron chi connectivity index (χ0n) is 11.0. The molecule has 1 atom stereocenters. The van der Waals surface area contributed by atoms with Crippen LogP contribution in [0.25, 0.3) is 0 Å². The predicted octanol–water partition coefficient (Wildman–Crippen LogP) is 2.09. The molecule has 0 aliphatic carbocycles. The van der Waals surface area contributed by atoms with Crippen molar-refractivity contribution in [2.24, 2.45) is 5.73 Å². The summed E-state index contributed by atoms with van der Waals surface area (Å²) < 4.78 is 46.0. The van der Waals surface area contributed by atoms with Crippen LogP contribution in [-0.4, -0.2) is 13.4 Å². The van der Waals surface area contributed by atoms with Gasteiger partial charge in [-0.2, -0.15) is 0 Å². The van der Waals surface area contributed by atoms with Crippen LogP contribution in [0.3, 0.4) is 0 Å². The number of hydrogen-bond donors (Lipinski definition) is 2. The van der Waals surface area contributed by atoms with Crippen molar-refractivity contribution in [2.45, 2.75) is 17.9 Å². The molecule has 1 unspecified atom stereocenters. The first-order chi connectivity index (χ1) is 9.83. The van der Waals surface area contributed by atoms with Gasteiger partial charge in [0.2, 0.25) is 10.0 Å². The van der Waals surface area contributed by atoms with Crippen LogP contribution >= 0.6 is 12.2 Å². The highest BCUT2D eigenvalue weighted by Gasteiger charge is 2.25. The van der Waals surface area contributed by atoms with Crippen molar-refractivity contribution in [1.29, 1.82) is 0 Å². The number of sulfonamides is 1. The van der Waals surface area contributed by atoms with Gasteiger partial charge in [0.25, 0.3) is 0 Å². The predicted molar refractivity (Wildman–Crippen MR) is 79.7 cm³/mol. The topological polar surface area (TPSA) is 85.3 Å². The Morgan fingerprint density at radius 3 is 2.67 bits per heavy atom. The van der Waals surface area contributed by atoms with E-state index >= 15 is 0 Å². The van der Waals surface area contributed by atoms with E-state index in [-0.39, 0.29) is 15.4 Å². The summed E-state index contributed by atoms with van der Waals surface area (Å²) in [6.07, 6.45) is 1.43. The fraction of sp³-hybridized carbons (Fsp3) is 0.154. The molecule has 5 nitrogen and oxygen atoms in total. The third kappa shape index (κ3) is 3.29. The Hall–Kier alpha value is -1.77. The molecule has 112 valence electrons. The van der Waals surface area contributed by atoms with Crippen LogP contribution in [-0.2, 0) is 10.0 Å². The molecule has 0 fully saturated rings. The van der Waals surface area contributed by atoms with Crippen LogP contribution in [0, 0.1) is 5.82 Å². The molecule has 3 N–H and O–H groups in total. The van der Waals surface area contributed by atoms with E-state index in [0.717, 1.165) is 6.07 Å². The number of nitrogens with two attached hydrogens (primary N) is 1. The van der Waals surface area contributed by atoms with Crippen LogP contribution in [0.5, 0.6) is 0 Å². The molecule has 0 saturated heterocycles. The number of halogens is 1. The molecule has 0 spiro atoms. The van der Waals surface area contributed by atoms with Gasteiger partial charge in [0.1, 0.15) is 16.6 Å². The Morgan fingerprint density at radius 2 is 2.10 bits per heavy atom. The minimum Gasteiger partial charge on any atom is -0.468 e. The van der Waals surface area contributed by atoms with Gasteiger partial charge < -0.3 is 10.2 Å². The average Bonchev–Trinajstić information content (AvgIpc) is 2.91. The normalized spacial score (nSPS) is 13.0. The second-order valence-corrected chi connectivity index (χ2v) is 6.46. The van der Waals surface area contributed by atoms with Crippen LogP contribution in [0.1, 0.15) is 24.3 Å². The summed E-state index contributed by atoms with van der Waals surface area (Å²) in [6, 6.07) is 6.28. The number of rotatable bonds is 5. The lowest BCUT2D eigenvalue weighted by atomic mass is 10.2. The van der Waals surface area contributed by atoms with Crippen molar-refractivity contribution in [3.8, 4) is 0 Å². The molecule has 0 aliphatic rings. The number of hydrogen-bond acceptors (Lipinski definition) is 4. The maximum Gasteiger partial charge on any atom is 0.242 e. The first-order valence-electron chi connectivity index (χ1n) is 5.97. The highest BCUT2D eigenvalue weighted by Crippen LogP contribution is 2.22. The molecule has 1 heterocycles. The second-order valence-electron chi connectivity index (χ2n) is 4.34. The third-order valence-electron chi connectivity index (χ3n) is 2.81. The van der Waals surface area contributed by atoms with Gasteiger partial charge in [0, 0.05) is 0 Å². The highest BCUT2D eigenvalue weighted by atomic mass is 32.2. The van der Waals surface area contributed by atoms with Crippen LogP contribution in [0.4, 0.5) is 4.39 Å². The molecule has 1 aromatic heterocycles. The molecule has 0 amide bonds. The van der Waals surface area contributed by atoms with Crippen molar-refractivity contribution in [3.05, 3.63) is 53.7 Å². The molecule has 2 rings (SSSR count). The smallest absolute Gasteiger partial charge is 0.242 e. The Morgan fingerprint density at radius 1 is 1.38 bits per heavy atom. The average molecular weight is 328 g/mol. The summed E-state index contributed by atoms with van der Waals surface area (Å²) in [7, 11) is -4.00. The van der Waals surface area contributed by atoms with E-state index in [0.29, 0.717) is 5.76 Å². The van der Waals surface area contributed by atoms with Crippen LogP contribution in [0.2, 0.25) is 0 Å². The second kappa shape index (κ2) is 5.92. The van der Waals surface area contributed by atoms with E-state index in [1.807, 2.05) is 0 Å². The molecular weight excluding hydrogens is 315 g/mol. The summed E-state index contributed by atoms with van der Waals surface area (Å²) >= 11 is 4.73. The van der Waals surface area contributed by atoms with E-state index in [9.17, 15) is 12.8 Å². The molecule has 0 saturated carbocycles. The monoisotopic (exact) mass is 328 g/mol. The van der Waals surface area contributed by atoms with E-state index in [2.05, 4.69) is 4.72 Å². The van der Waals surface area contributed by atoms with Crippen molar-refractivity contribution in [1.82, 2.24) is 4.72 Å². The number of thiocarbonyl (C=S) groups is 1. The summed E-state index contributed by atoms with van der Waals surface area (Å²) in [5, 5.41) is 0. The van der Waals surface area contributed by atoms with Crippen molar-refractivity contribution < 1.29 is 17.2 Å². The zero-order valence-corrected chi connectivity index (χ0v) is 12.7. The van der Waals surface area contributed by atoms with Gasteiger partial charge in [-0.1, -0.05) is 18.3 Å². The molecule has 8 heteroatoms. The first-order valence-corrected chi connectivity index (χ1v) is 7.86. The Bertz CT molecular complexity index is 758. The van der Waals surface area contributed by atoms with Gasteiger partial charge >= 0.3 is 0 Å². The molecule has 0 aliphatic heterocycles. The van der Waals surface area contributed by atoms with Crippen molar-refractivity contribution >= 4 is 27.2 Å². The SMILES string of the molecule is CC(NS(=O)(=O)c1cccc(F)c1C(N)=S)c1ccco1. The number of nitrogens with one attached hydrogen (secondary N) is 1. The minimum atomic E-state index is -4.00. The lowest BCUT2D eigenvalue weighted by Crippen LogP contribution is -2.29.